The summed E-state index contributed by atoms with van der Waals surface area (Å²) in [5, 5.41) is 6.07. The fourth-order valence-corrected chi connectivity index (χ4v) is 5.29. The van der Waals surface area contributed by atoms with Gasteiger partial charge in [-0.15, -0.1) is 0 Å². The minimum Gasteiger partial charge on any atom is -0.310 e. The Balaban J connectivity index is 1.38. The molecule has 0 saturated heterocycles. The van der Waals surface area contributed by atoms with Crippen LogP contribution < -0.4 is 4.90 Å². The second kappa shape index (κ2) is 9.29. The van der Waals surface area contributed by atoms with E-state index < -0.39 is 0 Å². The summed E-state index contributed by atoms with van der Waals surface area (Å²) in [5.41, 5.74) is 5.91. The normalized spacial score (nSPS) is 11.3. The van der Waals surface area contributed by atoms with Crippen LogP contribution in [0.1, 0.15) is 0 Å². The van der Waals surface area contributed by atoms with Crippen molar-refractivity contribution < 1.29 is 0 Å². The van der Waals surface area contributed by atoms with Gasteiger partial charge in [0.2, 0.25) is 5.28 Å². The fraction of sp³-hybridized carbons (Fsp3) is 0. The molecule has 0 atom stereocenters. The molecule has 3 nitrogen and oxygen atoms in total. The van der Waals surface area contributed by atoms with Crippen LogP contribution in [0.3, 0.4) is 0 Å². The molecule has 0 aliphatic carbocycles. The van der Waals surface area contributed by atoms with Crippen molar-refractivity contribution in [3.8, 4) is 11.3 Å². The highest BCUT2D eigenvalue weighted by Crippen LogP contribution is 2.38. The van der Waals surface area contributed by atoms with E-state index in [1.807, 2.05) is 24.3 Å². The molecule has 0 saturated carbocycles. The van der Waals surface area contributed by atoms with Crippen molar-refractivity contribution in [3.05, 3.63) is 139 Å². The summed E-state index contributed by atoms with van der Waals surface area (Å²) in [6.07, 6.45) is 0. The molecule has 1 aromatic heterocycles. The number of rotatable bonds is 4. The monoisotopic (exact) mass is 507 g/mol. The summed E-state index contributed by atoms with van der Waals surface area (Å²) in [7, 11) is 0. The average molecular weight is 508 g/mol. The van der Waals surface area contributed by atoms with E-state index in [0.717, 1.165) is 39.2 Å². The van der Waals surface area contributed by atoms with Crippen LogP contribution in [0.15, 0.2) is 133 Å². The molecule has 0 fully saturated rings. The molecule has 0 radical (unpaired) electrons. The molecule has 7 aromatic rings. The topological polar surface area (TPSA) is 29.0 Å². The minimum absolute atomic E-state index is 0.247. The number of nitrogens with zero attached hydrogens (tertiary/aromatic N) is 3. The van der Waals surface area contributed by atoms with Crippen molar-refractivity contribution in [1.29, 1.82) is 0 Å². The predicted octanol–water partition coefficient (Wildman–Crippen LogP) is 9.73. The Kier molecular flexibility index (Phi) is 5.49. The van der Waals surface area contributed by atoms with Crippen LogP contribution in [0, 0.1) is 0 Å². The maximum atomic E-state index is 6.28. The van der Waals surface area contributed by atoms with E-state index in [4.69, 9.17) is 11.6 Å². The third-order valence-electron chi connectivity index (χ3n) is 6.96. The van der Waals surface area contributed by atoms with Crippen molar-refractivity contribution in [3.63, 3.8) is 0 Å². The summed E-state index contributed by atoms with van der Waals surface area (Å²) in [5.74, 6) is 0. The van der Waals surface area contributed by atoms with Crippen molar-refractivity contribution in [1.82, 2.24) is 9.97 Å². The zero-order valence-corrected chi connectivity index (χ0v) is 21.2. The lowest BCUT2D eigenvalue weighted by atomic mass is 10.0. The minimum atomic E-state index is 0.247. The Bertz CT molecular complexity index is 1870. The number of hydrogen-bond donors (Lipinski definition) is 0. The lowest BCUT2D eigenvalue weighted by Crippen LogP contribution is -2.10. The number of aromatic nitrogens is 2. The molecule has 0 N–H and O–H groups in total. The van der Waals surface area contributed by atoms with Crippen molar-refractivity contribution >= 4 is 61.1 Å². The molecule has 0 bridgehead atoms. The Labute approximate surface area is 225 Å². The largest absolute Gasteiger partial charge is 0.310 e. The van der Waals surface area contributed by atoms with Gasteiger partial charge in [-0.05, 0) is 75.6 Å². The summed E-state index contributed by atoms with van der Waals surface area (Å²) < 4.78 is 0. The van der Waals surface area contributed by atoms with Gasteiger partial charge in [0.25, 0.3) is 0 Å². The Morgan fingerprint density at radius 2 is 1.00 bits per heavy atom. The molecular weight excluding hydrogens is 486 g/mol. The first kappa shape index (κ1) is 22.5. The number of hydrogen-bond acceptors (Lipinski definition) is 3. The smallest absolute Gasteiger partial charge is 0.223 e. The first-order valence-electron chi connectivity index (χ1n) is 12.5. The lowest BCUT2D eigenvalue weighted by Gasteiger charge is -2.26. The van der Waals surface area contributed by atoms with E-state index in [9.17, 15) is 0 Å². The first-order valence-corrected chi connectivity index (χ1v) is 12.9. The van der Waals surface area contributed by atoms with E-state index in [0.29, 0.717) is 0 Å². The molecule has 0 amide bonds. The second-order valence-corrected chi connectivity index (χ2v) is 9.64. The molecule has 7 rings (SSSR count). The number of fused-ring (bicyclic) bond motifs is 3. The number of para-hydroxylation sites is 1. The van der Waals surface area contributed by atoms with Gasteiger partial charge in [0.1, 0.15) is 0 Å². The van der Waals surface area contributed by atoms with Gasteiger partial charge in [0.05, 0.1) is 11.2 Å². The SMILES string of the molecule is Clc1nc(-c2ccc(N(c3ccc4ccccc4c3)c3ccc4ccccc4c3)cc2)c2ccccc2n1. The van der Waals surface area contributed by atoms with Crippen molar-refractivity contribution in [2.24, 2.45) is 0 Å². The zero-order chi connectivity index (χ0) is 25.5. The van der Waals surface area contributed by atoms with Crippen molar-refractivity contribution in [2.75, 3.05) is 4.90 Å². The fourth-order valence-electron chi connectivity index (χ4n) is 5.12. The highest BCUT2D eigenvalue weighted by molar-refractivity contribution is 6.28. The quantitative estimate of drug-likeness (QED) is 0.222. The van der Waals surface area contributed by atoms with Crippen LogP contribution in [0.2, 0.25) is 5.28 Å². The summed E-state index contributed by atoms with van der Waals surface area (Å²) >= 11 is 6.28. The van der Waals surface area contributed by atoms with Gasteiger partial charge in [-0.3, -0.25) is 0 Å². The first-order chi connectivity index (χ1) is 18.7. The highest BCUT2D eigenvalue weighted by atomic mass is 35.5. The third-order valence-corrected chi connectivity index (χ3v) is 7.13. The summed E-state index contributed by atoms with van der Waals surface area (Å²) in [6.45, 7) is 0. The lowest BCUT2D eigenvalue weighted by molar-refractivity contribution is 1.22. The van der Waals surface area contributed by atoms with Crippen LogP contribution in [0.5, 0.6) is 0 Å². The van der Waals surface area contributed by atoms with E-state index in [-0.39, 0.29) is 5.28 Å². The summed E-state index contributed by atoms with van der Waals surface area (Å²) in [6, 6.07) is 46.6. The molecular formula is C34H22ClN3. The van der Waals surface area contributed by atoms with Crippen LogP contribution in [-0.4, -0.2) is 9.97 Å². The predicted molar refractivity (Wildman–Crippen MR) is 160 cm³/mol. The van der Waals surface area contributed by atoms with Crippen molar-refractivity contribution in [2.45, 2.75) is 0 Å². The van der Waals surface area contributed by atoms with E-state index in [2.05, 4.69) is 124 Å². The molecule has 0 unspecified atom stereocenters. The van der Waals surface area contributed by atoms with Crippen LogP contribution >= 0.6 is 11.6 Å². The third kappa shape index (κ3) is 4.03. The van der Waals surface area contributed by atoms with Crippen LogP contribution in [-0.2, 0) is 0 Å². The van der Waals surface area contributed by atoms with E-state index in [1.54, 1.807) is 0 Å². The van der Waals surface area contributed by atoms with Gasteiger partial charge >= 0.3 is 0 Å². The Morgan fingerprint density at radius 3 is 1.63 bits per heavy atom. The van der Waals surface area contributed by atoms with E-state index >= 15 is 0 Å². The molecule has 0 aliphatic rings. The van der Waals surface area contributed by atoms with Crippen LogP contribution in [0.25, 0.3) is 43.7 Å². The van der Waals surface area contributed by atoms with Gasteiger partial charge in [0, 0.05) is 28.0 Å². The standard InChI is InChI=1S/C34H22ClN3/c35-34-36-32-12-6-5-11-31(32)33(37-34)25-15-17-28(18-16-25)38(29-19-13-23-7-1-3-9-26(23)21-29)30-20-14-24-8-2-4-10-27(24)22-30/h1-22H. The van der Waals surface area contributed by atoms with Crippen LogP contribution in [0.4, 0.5) is 17.1 Å². The molecule has 180 valence electrons. The maximum absolute atomic E-state index is 6.28. The second-order valence-electron chi connectivity index (χ2n) is 9.30. The molecule has 4 heteroatoms. The van der Waals surface area contributed by atoms with Gasteiger partial charge < -0.3 is 4.90 Å². The van der Waals surface area contributed by atoms with E-state index in [1.165, 1.54) is 21.5 Å². The van der Waals surface area contributed by atoms with Gasteiger partial charge in [-0.25, -0.2) is 9.97 Å². The van der Waals surface area contributed by atoms with Gasteiger partial charge in [-0.1, -0.05) is 91.0 Å². The number of anilines is 3. The maximum Gasteiger partial charge on any atom is 0.223 e. The molecule has 1 heterocycles. The Hall–Kier alpha value is -4.73. The average Bonchev–Trinajstić information content (AvgIpc) is 2.97. The highest BCUT2D eigenvalue weighted by Gasteiger charge is 2.15. The molecule has 38 heavy (non-hydrogen) atoms. The summed E-state index contributed by atoms with van der Waals surface area (Å²) in [4.78, 5) is 11.3. The van der Waals surface area contributed by atoms with Gasteiger partial charge in [0.15, 0.2) is 0 Å². The Morgan fingerprint density at radius 1 is 0.474 bits per heavy atom. The molecule has 0 spiro atoms. The zero-order valence-electron chi connectivity index (χ0n) is 20.4. The number of benzene rings is 6. The molecule has 6 aromatic carbocycles. The molecule has 0 aliphatic heterocycles. The number of halogens is 1. The van der Waals surface area contributed by atoms with Gasteiger partial charge in [-0.2, -0.15) is 0 Å².